The van der Waals surface area contributed by atoms with Crippen LogP contribution in [0.5, 0.6) is 0 Å². The van der Waals surface area contributed by atoms with Gasteiger partial charge in [0.15, 0.2) is 5.82 Å². The molecule has 3 N–H and O–H groups in total. The van der Waals surface area contributed by atoms with Crippen LogP contribution in [-0.2, 0) is 10.2 Å². The first-order valence-electron chi connectivity index (χ1n) is 6.36. The van der Waals surface area contributed by atoms with Gasteiger partial charge >= 0.3 is 10.2 Å². The largest absolute Gasteiger partial charge is 0.330 e. The number of rotatable bonds is 4. The number of halogens is 2. The predicted octanol–water partition coefficient (Wildman–Crippen LogP) is 1.81. The first-order valence-corrected chi connectivity index (χ1v) is 8.18. The molecule has 1 unspecified atom stereocenters. The molecule has 2 rings (SSSR count). The van der Waals surface area contributed by atoms with Crippen LogP contribution in [0.25, 0.3) is 0 Å². The molecule has 1 aromatic carbocycles. The van der Waals surface area contributed by atoms with Crippen molar-refractivity contribution in [2.75, 3.05) is 24.4 Å². The van der Waals surface area contributed by atoms with Crippen molar-refractivity contribution in [1.82, 2.24) is 4.31 Å². The summed E-state index contributed by atoms with van der Waals surface area (Å²) in [6.07, 6.45) is 1.66. The third kappa shape index (κ3) is 3.41. The molecule has 0 spiro atoms. The summed E-state index contributed by atoms with van der Waals surface area (Å²) in [5.74, 6) is -0.630. The third-order valence-corrected chi connectivity index (χ3v) is 5.13. The van der Waals surface area contributed by atoms with E-state index in [1.165, 1.54) is 22.5 Å². The van der Waals surface area contributed by atoms with Crippen molar-refractivity contribution in [3.05, 3.63) is 29.0 Å². The van der Waals surface area contributed by atoms with Crippen LogP contribution < -0.4 is 10.5 Å². The van der Waals surface area contributed by atoms with Gasteiger partial charge in [-0.1, -0.05) is 17.7 Å². The van der Waals surface area contributed by atoms with E-state index in [2.05, 4.69) is 4.72 Å². The number of piperidine rings is 1. The molecule has 5 nitrogen and oxygen atoms in total. The summed E-state index contributed by atoms with van der Waals surface area (Å²) in [5.41, 5.74) is 5.44. The topological polar surface area (TPSA) is 75.4 Å². The van der Waals surface area contributed by atoms with E-state index in [4.69, 9.17) is 17.3 Å². The minimum absolute atomic E-state index is 0.122. The molecule has 0 aromatic heterocycles. The molecule has 1 aliphatic rings. The van der Waals surface area contributed by atoms with Gasteiger partial charge in [0.2, 0.25) is 0 Å². The monoisotopic (exact) mass is 321 g/mol. The maximum Gasteiger partial charge on any atom is 0.301 e. The maximum atomic E-state index is 13.7. The molecular formula is C12H17ClFN3O2S. The highest BCUT2D eigenvalue weighted by Crippen LogP contribution is 2.25. The number of anilines is 1. The van der Waals surface area contributed by atoms with Crippen LogP contribution in [0.1, 0.15) is 12.8 Å². The Kier molecular flexibility index (Phi) is 4.85. The zero-order valence-corrected chi connectivity index (χ0v) is 12.4. The van der Waals surface area contributed by atoms with Crippen molar-refractivity contribution in [3.8, 4) is 0 Å². The van der Waals surface area contributed by atoms with Crippen molar-refractivity contribution in [2.24, 2.45) is 11.7 Å². The van der Waals surface area contributed by atoms with Crippen LogP contribution >= 0.6 is 11.6 Å². The van der Waals surface area contributed by atoms with E-state index < -0.39 is 16.0 Å². The van der Waals surface area contributed by atoms with E-state index in [9.17, 15) is 12.8 Å². The second kappa shape index (κ2) is 6.26. The summed E-state index contributed by atoms with van der Waals surface area (Å²) >= 11 is 5.63. The molecule has 20 heavy (non-hydrogen) atoms. The van der Waals surface area contributed by atoms with Crippen LogP contribution in [0.2, 0.25) is 5.02 Å². The number of nitrogens with zero attached hydrogens (tertiary/aromatic N) is 1. The Morgan fingerprint density at radius 1 is 1.50 bits per heavy atom. The maximum absolute atomic E-state index is 13.7. The molecule has 1 aromatic rings. The Bertz CT molecular complexity index is 582. The van der Waals surface area contributed by atoms with Gasteiger partial charge in [-0.3, -0.25) is 4.72 Å². The average molecular weight is 322 g/mol. The number of benzene rings is 1. The fraction of sp³-hybridized carbons (Fsp3) is 0.500. The molecule has 112 valence electrons. The van der Waals surface area contributed by atoms with E-state index in [1.807, 2.05) is 0 Å². The molecule has 1 aliphatic heterocycles. The van der Waals surface area contributed by atoms with Crippen LogP contribution in [0, 0.1) is 11.7 Å². The van der Waals surface area contributed by atoms with Crippen LogP contribution in [0.3, 0.4) is 0 Å². The molecule has 1 saturated heterocycles. The zero-order valence-electron chi connectivity index (χ0n) is 10.9. The fourth-order valence-electron chi connectivity index (χ4n) is 2.22. The van der Waals surface area contributed by atoms with Crippen LogP contribution in [-0.4, -0.2) is 32.4 Å². The van der Waals surface area contributed by atoms with Crippen molar-refractivity contribution < 1.29 is 12.8 Å². The minimum Gasteiger partial charge on any atom is -0.330 e. The third-order valence-electron chi connectivity index (χ3n) is 3.35. The second-order valence-corrected chi connectivity index (χ2v) is 6.89. The summed E-state index contributed by atoms with van der Waals surface area (Å²) in [7, 11) is -3.79. The van der Waals surface area contributed by atoms with E-state index in [0.717, 1.165) is 12.8 Å². The van der Waals surface area contributed by atoms with Crippen molar-refractivity contribution in [1.29, 1.82) is 0 Å². The zero-order chi connectivity index (χ0) is 14.8. The highest BCUT2D eigenvalue weighted by molar-refractivity contribution is 7.90. The Hall–Kier alpha value is -0.890. The number of nitrogens with one attached hydrogen (secondary N) is 1. The first-order chi connectivity index (χ1) is 9.44. The lowest BCUT2D eigenvalue weighted by molar-refractivity contribution is 0.273. The van der Waals surface area contributed by atoms with E-state index in [0.29, 0.717) is 19.6 Å². The number of hydrogen-bond donors (Lipinski definition) is 2. The molecule has 1 heterocycles. The smallest absolute Gasteiger partial charge is 0.301 e. The van der Waals surface area contributed by atoms with Gasteiger partial charge in [-0.05, 0) is 37.4 Å². The van der Waals surface area contributed by atoms with Gasteiger partial charge < -0.3 is 5.73 Å². The lowest BCUT2D eigenvalue weighted by atomic mass is 10.0. The Morgan fingerprint density at radius 2 is 2.25 bits per heavy atom. The van der Waals surface area contributed by atoms with Gasteiger partial charge in [-0.2, -0.15) is 12.7 Å². The second-order valence-electron chi connectivity index (χ2n) is 4.81. The van der Waals surface area contributed by atoms with Crippen LogP contribution in [0.15, 0.2) is 18.2 Å². The number of nitrogens with two attached hydrogens (primary N) is 1. The van der Waals surface area contributed by atoms with Gasteiger partial charge in [0, 0.05) is 13.1 Å². The highest BCUT2D eigenvalue weighted by Gasteiger charge is 2.29. The van der Waals surface area contributed by atoms with Gasteiger partial charge in [0.25, 0.3) is 0 Å². The SMILES string of the molecule is NCC1CCCN(S(=O)(=O)Nc2cccc(Cl)c2F)C1. The van der Waals surface area contributed by atoms with Crippen molar-refractivity contribution in [2.45, 2.75) is 12.8 Å². The summed E-state index contributed by atoms with van der Waals surface area (Å²) < 4.78 is 41.8. The Morgan fingerprint density at radius 3 is 2.95 bits per heavy atom. The molecule has 0 amide bonds. The summed E-state index contributed by atoms with van der Waals surface area (Å²) in [4.78, 5) is 0. The summed E-state index contributed by atoms with van der Waals surface area (Å²) in [6, 6.07) is 4.19. The van der Waals surface area contributed by atoms with Gasteiger partial charge in [-0.25, -0.2) is 4.39 Å². The van der Waals surface area contributed by atoms with E-state index in [1.54, 1.807) is 0 Å². The molecule has 0 radical (unpaired) electrons. The predicted molar refractivity (Wildman–Crippen MR) is 77.3 cm³/mol. The molecular weight excluding hydrogens is 305 g/mol. The van der Waals surface area contributed by atoms with E-state index >= 15 is 0 Å². The lowest BCUT2D eigenvalue weighted by Gasteiger charge is -2.31. The number of hydrogen-bond acceptors (Lipinski definition) is 3. The highest BCUT2D eigenvalue weighted by atomic mass is 35.5. The Labute approximate surface area is 123 Å². The molecule has 0 bridgehead atoms. The molecule has 0 saturated carbocycles. The normalized spacial score (nSPS) is 20.9. The van der Waals surface area contributed by atoms with Crippen molar-refractivity contribution in [3.63, 3.8) is 0 Å². The quantitative estimate of drug-likeness (QED) is 0.888. The standard InChI is InChI=1S/C12H17ClFN3O2S/c13-10-4-1-5-11(12(10)14)16-20(18,19)17-6-2-3-9(7-15)8-17/h1,4-5,9,16H,2-3,6-8,15H2. The lowest BCUT2D eigenvalue weighted by Crippen LogP contribution is -2.44. The summed E-state index contributed by atoms with van der Waals surface area (Å²) in [5, 5.41) is -0.122. The average Bonchev–Trinajstić information content (AvgIpc) is 2.44. The molecule has 1 atom stereocenters. The Balaban J connectivity index is 2.16. The van der Waals surface area contributed by atoms with Crippen LogP contribution in [0.4, 0.5) is 10.1 Å². The molecule has 0 aliphatic carbocycles. The van der Waals surface area contributed by atoms with Gasteiger partial charge in [-0.15, -0.1) is 0 Å². The first kappa shape index (κ1) is 15.5. The van der Waals surface area contributed by atoms with Gasteiger partial charge in [0.05, 0.1) is 10.7 Å². The molecule has 1 fully saturated rings. The van der Waals surface area contributed by atoms with E-state index in [-0.39, 0.29) is 16.6 Å². The minimum atomic E-state index is -3.79. The fourth-order valence-corrected chi connectivity index (χ4v) is 3.74. The van der Waals surface area contributed by atoms with Gasteiger partial charge in [0.1, 0.15) is 0 Å². The van der Waals surface area contributed by atoms with Crippen molar-refractivity contribution >= 4 is 27.5 Å². The molecule has 8 heteroatoms. The summed E-state index contributed by atoms with van der Waals surface area (Å²) in [6.45, 7) is 1.21.